The summed E-state index contributed by atoms with van der Waals surface area (Å²) in [7, 11) is 1.71. The van der Waals surface area contributed by atoms with Crippen LogP contribution in [-0.4, -0.2) is 32.4 Å². The van der Waals surface area contributed by atoms with Crippen LogP contribution >= 0.6 is 0 Å². The molecule has 1 fully saturated rings. The van der Waals surface area contributed by atoms with Gasteiger partial charge < -0.3 is 20.1 Å². The van der Waals surface area contributed by atoms with Crippen LogP contribution in [0.2, 0.25) is 0 Å². The average Bonchev–Trinajstić information content (AvgIpc) is 2.88. The topological polar surface area (TPSA) is 59.6 Å². The van der Waals surface area contributed by atoms with Crippen molar-refractivity contribution in [3.63, 3.8) is 0 Å². The van der Waals surface area contributed by atoms with E-state index in [-0.39, 0.29) is 17.3 Å². The summed E-state index contributed by atoms with van der Waals surface area (Å²) in [5, 5.41) is 5.89. The van der Waals surface area contributed by atoms with Gasteiger partial charge in [0, 0.05) is 12.5 Å². The lowest BCUT2D eigenvalue weighted by Crippen LogP contribution is -2.54. The lowest BCUT2D eigenvalue weighted by atomic mass is 9.62. The number of benzene rings is 1. The van der Waals surface area contributed by atoms with Gasteiger partial charge in [0.2, 0.25) is 6.41 Å². The minimum absolute atomic E-state index is 0.166. The largest absolute Gasteiger partial charge is 0.484 e. The van der Waals surface area contributed by atoms with Gasteiger partial charge in [-0.3, -0.25) is 4.79 Å². The Balaban J connectivity index is 1.95. The monoisotopic (exact) mass is 412 g/mol. The number of amides is 1. The molecule has 8 heteroatoms. The van der Waals surface area contributed by atoms with Crippen molar-refractivity contribution in [3.05, 3.63) is 41.7 Å². The number of hydrogen-bond acceptors (Lipinski definition) is 4. The Morgan fingerprint density at radius 1 is 1.34 bits per heavy atom. The smallest absolute Gasteiger partial charge is 0.422 e. The third-order valence-electron chi connectivity index (χ3n) is 6.47. The van der Waals surface area contributed by atoms with Crippen molar-refractivity contribution < 1.29 is 27.4 Å². The highest BCUT2D eigenvalue weighted by Crippen LogP contribution is 2.58. The number of carbonyl (C=O) groups is 1. The molecule has 0 aliphatic heterocycles. The molecule has 1 unspecified atom stereocenters. The fourth-order valence-electron chi connectivity index (χ4n) is 4.92. The fraction of sp³-hybridized carbons (Fsp3) is 0.571. The van der Waals surface area contributed by atoms with E-state index in [1.807, 2.05) is 13.0 Å². The molecule has 0 heterocycles. The summed E-state index contributed by atoms with van der Waals surface area (Å²) in [5.41, 5.74) is 1.16. The summed E-state index contributed by atoms with van der Waals surface area (Å²) in [5.74, 6) is 0.524. The van der Waals surface area contributed by atoms with Gasteiger partial charge in [-0.1, -0.05) is 12.6 Å². The normalized spacial score (nSPS) is 28.7. The highest BCUT2D eigenvalue weighted by atomic mass is 19.4. The summed E-state index contributed by atoms with van der Waals surface area (Å²) in [6.07, 6.45) is 0.702. The first kappa shape index (κ1) is 21.5. The molecule has 1 aromatic rings. The second-order valence-electron chi connectivity index (χ2n) is 8.11. The van der Waals surface area contributed by atoms with Crippen LogP contribution in [0.25, 0.3) is 0 Å². The van der Waals surface area contributed by atoms with Crippen molar-refractivity contribution in [2.24, 2.45) is 5.41 Å². The van der Waals surface area contributed by atoms with E-state index in [1.165, 1.54) is 0 Å². The molecule has 3 rings (SSSR count). The van der Waals surface area contributed by atoms with E-state index in [1.54, 1.807) is 19.2 Å². The molecule has 1 spiro atoms. The van der Waals surface area contributed by atoms with Gasteiger partial charge in [0.25, 0.3) is 0 Å². The van der Waals surface area contributed by atoms with Crippen molar-refractivity contribution in [1.29, 1.82) is 0 Å². The summed E-state index contributed by atoms with van der Waals surface area (Å²) in [6.45, 7) is 4.56. The maximum Gasteiger partial charge on any atom is 0.422 e. The zero-order valence-electron chi connectivity index (χ0n) is 16.7. The van der Waals surface area contributed by atoms with Crippen LogP contribution in [0.3, 0.4) is 0 Å². The molecule has 1 atom stereocenters. The van der Waals surface area contributed by atoms with Gasteiger partial charge >= 0.3 is 6.18 Å². The van der Waals surface area contributed by atoms with Crippen LogP contribution in [0.4, 0.5) is 13.2 Å². The lowest BCUT2D eigenvalue weighted by molar-refractivity contribution is -0.153. The van der Waals surface area contributed by atoms with Crippen LogP contribution in [0.1, 0.15) is 43.7 Å². The SMILES string of the molecule is C=C(NC=O)NC1(C)c2cc(OCC(F)(F)F)ccc2CC12CCC(OC)CC2. The van der Waals surface area contributed by atoms with E-state index < -0.39 is 18.3 Å². The third kappa shape index (κ3) is 4.22. The van der Waals surface area contributed by atoms with Crippen LogP contribution in [0.5, 0.6) is 5.75 Å². The maximum absolute atomic E-state index is 12.6. The molecule has 29 heavy (non-hydrogen) atoms. The first-order valence-electron chi connectivity index (χ1n) is 9.65. The van der Waals surface area contributed by atoms with Gasteiger partial charge in [-0.15, -0.1) is 0 Å². The maximum atomic E-state index is 12.6. The molecule has 0 aromatic heterocycles. The molecule has 1 amide bonds. The number of ether oxygens (including phenoxy) is 2. The molecule has 2 aliphatic carbocycles. The number of hydrogen-bond donors (Lipinski definition) is 2. The predicted octanol–water partition coefficient (Wildman–Crippen LogP) is 3.78. The average molecular weight is 412 g/mol. The number of carbonyl (C=O) groups excluding carboxylic acids is 1. The van der Waals surface area contributed by atoms with Crippen molar-refractivity contribution >= 4 is 6.41 Å². The van der Waals surface area contributed by atoms with Crippen molar-refractivity contribution in [2.75, 3.05) is 13.7 Å². The van der Waals surface area contributed by atoms with E-state index in [0.717, 1.165) is 43.2 Å². The van der Waals surface area contributed by atoms with E-state index in [4.69, 9.17) is 9.47 Å². The van der Waals surface area contributed by atoms with Crippen molar-refractivity contribution in [1.82, 2.24) is 10.6 Å². The first-order chi connectivity index (χ1) is 13.6. The molecule has 1 aromatic carbocycles. The molecule has 0 saturated heterocycles. The highest BCUT2D eigenvalue weighted by Gasteiger charge is 2.56. The molecule has 0 radical (unpaired) electrons. The van der Waals surface area contributed by atoms with Crippen LogP contribution in [0, 0.1) is 5.41 Å². The number of rotatable bonds is 7. The number of alkyl halides is 3. The Kier molecular flexibility index (Phi) is 5.85. The summed E-state index contributed by atoms with van der Waals surface area (Å²) < 4.78 is 48.2. The van der Waals surface area contributed by atoms with Gasteiger partial charge in [0.1, 0.15) is 5.75 Å². The van der Waals surface area contributed by atoms with Gasteiger partial charge in [-0.2, -0.15) is 13.2 Å². The highest BCUT2D eigenvalue weighted by molar-refractivity contribution is 5.51. The van der Waals surface area contributed by atoms with Crippen LogP contribution in [-0.2, 0) is 21.5 Å². The van der Waals surface area contributed by atoms with Crippen LogP contribution in [0.15, 0.2) is 30.6 Å². The molecule has 0 bridgehead atoms. The van der Waals surface area contributed by atoms with Gasteiger partial charge in [-0.05, 0) is 62.3 Å². The summed E-state index contributed by atoms with van der Waals surface area (Å²) in [4.78, 5) is 10.9. The minimum atomic E-state index is -4.40. The third-order valence-corrected chi connectivity index (χ3v) is 6.47. The zero-order chi connectivity index (χ0) is 21.3. The number of nitrogens with one attached hydrogen (secondary N) is 2. The Morgan fingerprint density at radius 2 is 2.03 bits per heavy atom. The Bertz CT molecular complexity index is 773. The summed E-state index contributed by atoms with van der Waals surface area (Å²) >= 11 is 0. The molecular formula is C21H27F3N2O3. The number of fused-ring (bicyclic) bond motifs is 1. The quantitative estimate of drug-likeness (QED) is 0.670. The van der Waals surface area contributed by atoms with E-state index in [2.05, 4.69) is 17.2 Å². The first-order valence-corrected chi connectivity index (χ1v) is 9.65. The van der Waals surface area contributed by atoms with Gasteiger partial charge in [0.05, 0.1) is 17.5 Å². The molecule has 5 nitrogen and oxygen atoms in total. The lowest BCUT2D eigenvalue weighted by Gasteiger charge is -2.49. The number of halogens is 3. The second-order valence-corrected chi connectivity index (χ2v) is 8.11. The fourth-order valence-corrected chi connectivity index (χ4v) is 4.92. The predicted molar refractivity (Wildman–Crippen MR) is 102 cm³/mol. The molecule has 1 saturated carbocycles. The number of methoxy groups -OCH3 is 1. The van der Waals surface area contributed by atoms with Crippen molar-refractivity contribution in [3.8, 4) is 5.75 Å². The molecule has 2 aliphatic rings. The Morgan fingerprint density at radius 3 is 2.62 bits per heavy atom. The minimum Gasteiger partial charge on any atom is -0.484 e. The van der Waals surface area contributed by atoms with E-state index in [0.29, 0.717) is 12.2 Å². The summed E-state index contributed by atoms with van der Waals surface area (Å²) in [6, 6.07) is 5.11. The molecule has 2 N–H and O–H groups in total. The zero-order valence-corrected chi connectivity index (χ0v) is 16.7. The standard InChI is InChI=1S/C21H27F3N2O3/c1-14(25-13-27)26-19(2)18-10-17(29-12-21(22,23)24)5-4-15(18)11-20(19)8-6-16(28-3)7-9-20/h4-5,10,13,16,26H,1,6-9,11-12H2,2-3H3,(H,25,27). The van der Waals surface area contributed by atoms with E-state index >= 15 is 0 Å². The van der Waals surface area contributed by atoms with Crippen LogP contribution < -0.4 is 15.4 Å². The van der Waals surface area contributed by atoms with E-state index in [9.17, 15) is 18.0 Å². The van der Waals surface area contributed by atoms with Crippen molar-refractivity contribution in [2.45, 2.75) is 56.8 Å². The molecule has 160 valence electrons. The Hall–Kier alpha value is -2.22. The molecular weight excluding hydrogens is 385 g/mol. The Labute approximate surface area is 168 Å². The van der Waals surface area contributed by atoms with Gasteiger partial charge in [0.15, 0.2) is 6.61 Å². The second kappa shape index (κ2) is 7.89. The van der Waals surface area contributed by atoms with Gasteiger partial charge in [-0.25, -0.2) is 0 Å².